The number of hydrogen-bond donors (Lipinski definition) is 0. The molecule has 0 amide bonds. The van der Waals surface area contributed by atoms with E-state index < -0.39 is 0 Å². The summed E-state index contributed by atoms with van der Waals surface area (Å²) in [5.74, 6) is 1.73. The first kappa shape index (κ1) is 29.3. The minimum atomic E-state index is 0.233. The van der Waals surface area contributed by atoms with E-state index in [1.54, 1.807) is 0 Å². The molecule has 0 aliphatic heterocycles. The number of hydrogen-bond acceptors (Lipinski definition) is 4. The van der Waals surface area contributed by atoms with Gasteiger partial charge < -0.3 is 9.30 Å². The third kappa shape index (κ3) is 5.57. The summed E-state index contributed by atoms with van der Waals surface area (Å²) in [4.78, 5) is 14.3. The summed E-state index contributed by atoms with van der Waals surface area (Å²) in [6.07, 6.45) is 0. The average molecular weight is 643 g/mol. The predicted octanol–water partition coefficient (Wildman–Crippen LogP) is 11.4. The van der Waals surface area contributed by atoms with E-state index in [9.17, 15) is 0 Å². The van der Waals surface area contributed by atoms with Gasteiger partial charge in [-0.3, -0.25) is 0 Å². The molecule has 0 aliphatic carbocycles. The Balaban J connectivity index is 1.17. The van der Waals surface area contributed by atoms with Crippen LogP contribution in [-0.4, -0.2) is 19.5 Å². The molecule has 0 radical (unpaired) electrons. The molecule has 0 unspecified atom stereocenters. The molecule has 0 atom stereocenters. The first-order valence-electron chi connectivity index (χ1n) is 16.6. The van der Waals surface area contributed by atoms with Crippen molar-refractivity contribution in [3.05, 3.63) is 182 Å². The molecule has 0 saturated heterocycles. The van der Waals surface area contributed by atoms with Gasteiger partial charge in [0.15, 0.2) is 11.6 Å². The lowest BCUT2D eigenvalue weighted by atomic mass is 10.0. The van der Waals surface area contributed by atoms with Crippen LogP contribution in [0.25, 0.3) is 72.5 Å². The van der Waals surface area contributed by atoms with Crippen molar-refractivity contribution in [2.45, 2.75) is 0 Å². The van der Waals surface area contributed by atoms with E-state index in [0.717, 1.165) is 27.8 Å². The highest BCUT2D eigenvalue weighted by molar-refractivity contribution is 6.11. The SMILES string of the molecule is c1ccc(-c2ccc3c(c2)c2cc(-c4ccccc4)ccc2n3-c2cccc(Oc3nc(-c4ccccc4)nc(-c4ccccc4)n3)c2)cc1. The van der Waals surface area contributed by atoms with Crippen molar-refractivity contribution in [2.24, 2.45) is 0 Å². The Morgan fingerprint density at radius 2 is 0.820 bits per heavy atom. The van der Waals surface area contributed by atoms with E-state index >= 15 is 0 Å². The second-order valence-corrected chi connectivity index (χ2v) is 12.1. The predicted molar refractivity (Wildman–Crippen MR) is 202 cm³/mol. The minimum absolute atomic E-state index is 0.233. The van der Waals surface area contributed by atoms with Crippen molar-refractivity contribution in [1.29, 1.82) is 0 Å². The summed E-state index contributed by atoms with van der Waals surface area (Å²) in [6.45, 7) is 0. The van der Waals surface area contributed by atoms with Gasteiger partial charge in [-0.05, 0) is 58.7 Å². The van der Waals surface area contributed by atoms with E-state index in [1.807, 2.05) is 78.9 Å². The molecule has 0 spiro atoms. The molecule has 5 heteroatoms. The van der Waals surface area contributed by atoms with Crippen LogP contribution in [0.2, 0.25) is 0 Å². The lowest BCUT2D eigenvalue weighted by Crippen LogP contribution is -2.01. The summed E-state index contributed by atoms with van der Waals surface area (Å²) in [7, 11) is 0. The Kier molecular flexibility index (Phi) is 7.41. The average Bonchev–Trinajstić information content (AvgIpc) is 3.52. The molecule has 2 heterocycles. The maximum atomic E-state index is 6.44. The molecule has 0 aliphatic rings. The second-order valence-electron chi connectivity index (χ2n) is 12.1. The number of nitrogens with zero attached hydrogens (tertiary/aromatic N) is 4. The van der Waals surface area contributed by atoms with E-state index in [2.05, 4.69) is 108 Å². The molecule has 0 fully saturated rings. The van der Waals surface area contributed by atoms with Gasteiger partial charge in [0.2, 0.25) is 0 Å². The van der Waals surface area contributed by atoms with Crippen LogP contribution in [0.1, 0.15) is 0 Å². The van der Waals surface area contributed by atoms with Crippen molar-refractivity contribution in [3.63, 3.8) is 0 Å². The fourth-order valence-corrected chi connectivity index (χ4v) is 6.55. The van der Waals surface area contributed by atoms with Crippen molar-refractivity contribution < 1.29 is 4.74 Å². The Bertz CT molecular complexity index is 2450. The van der Waals surface area contributed by atoms with Crippen LogP contribution in [0, 0.1) is 0 Å². The molecule has 50 heavy (non-hydrogen) atoms. The van der Waals surface area contributed by atoms with Crippen molar-refractivity contribution in [2.75, 3.05) is 0 Å². The minimum Gasteiger partial charge on any atom is -0.424 e. The fraction of sp³-hybridized carbons (Fsp3) is 0. The molecule has 7 aromatic carbocycles. The van der Waals surface area contributed by atoms with Crippen LogP contribution in [0.4, 0.5) is 0 Å². The summed E-state index contributed by atoms with van der Waals surface area (Å²) in [6, 6.07) is 62.7. The standard InChI is InChI=1S/C45H30N4O/c1-5-14-31(15-6-1)35-24-26-41-39(28-35)40-29-36(32-16-7-2-8-17-32)25-27-42(40)49(41)37-22-13-23-38(30-37)50-45-47-43(33-18-9-3-10-19-33)46-44(48-45)34-20-11-4-12-21-34/h1-30H. The fourth-order valence-electron chi connectivity index (χ4n) is 6.55. The number of ether oxygens (including phenoxy) is 1. The molecular formula is C45H30N4O. The quantitative estimate of drug-likeness (QED) is 0.174. The van der Waals surface area contributed by atoms with Gasteiger partial charge in [-0.25, -0.2) is 4.98 Å². The molecule has 9 rings (SSSR count). The Morgan fingerprint density at radius 3 is 1.30 bits per heavy atom. The third-order valence-corrected chi connectivity index (χ3v) is 8.94. The molecule has 0 bridgehead atoms. The van der Waals surface area contributed by atoms with Crippen molar-refractivity contribution in [3.8, 4) is 62.5 Å². The topological polar surface area (TPSA) is 52.8 Å². The van der Waals surface area contributed by atoms with Gasteiger partial charge in [0.05, 0.1) is 11.0 Å². The Labute approximate surface area is 289 Å². The third-order valence-electron chi connectivity index (χ3n) is 8.94. The van der Waals surface area contributed by atoms with Gasteiger partial charge in [0.1, 0.15) is 5.75 Å². The van der Waals surface area contributed by atoms with Crippen LogP contribution < -0.4 is 4.74 Å². The maximum Gasteiger partial charge on any atom is 0.326 e. The van der Waals surface area contributed by atoms with Crippen LogP contribution in [-0.2, 0) is 0 Å². The lowest BCUT2D eigenvalue weighted by Gasteiger charge is -2.12. The number of aromatic nitrogens is 4. The van der Waals surface area contributed by atoms with E-state index in [1.165, 1.54) is 33.0 Å². The molecular weight excluding hydrogens is 613 g/mol. The zero-order valence-electron chi connectivity index (χ0n) is 27.0. The molecule has 0 N–H and O–H groups in total. The van der Waals surface area contributed by atoms with Crippen LogP contribution >= 0.6 is 0 Å². The van der Waals surface area contributed by atoms with E-state index in [0.29, 0.717) is 17.4 Å². The summed E-state index contributed by atoms with van der Waals surface area (Å²) < 4.78 is 8.75. The maximum absolute atomic E-state index is 6.44. The van der Waals surface area contributed by atoms with Gasteiger partial charge in [0.25, 0.3) is 0 Å². The van der Waals surface area contributed by atoms with E-state index in [-0.39, 0.29) is 6.01 Å². The van der Waals surface area contributed by atoms with Crippen LogP contribution in [0.3, 0.4) is 0 Å². The van der Waals surface area contributed by atoms with Crippen molar-refractivity contribution in [1.82, 2.24) is 19.5 Å². The molecule has 9 aromatic rings. The first-order valence-corrected chi connectivity index (χ1v) is 16.6. The monoisotopic (exact) mass is 642 g/mol. The van der Waals surface area contributed by atoms with Crippen LogP contribution in [0.5, 0.6) is 11.8 Å². The van der Waals surface area contributed by atoms with Gasteiger partial charge in [0, 0.05) is 33.7 Å². The zero-order valence-corrected chi connectivity index (χ0v) is 27.0. The Hall–Kier alpha value is -6.85. The summed E-state index contributed by atoms with van der Waals surface area (Å²) in [5.41, 5.74) is 9.71. The molecule has 236 valence electrons. The normalized spacial score (nSPS) is 11.2. The zero-order chi connectivity index (χ0) is 33.3. The van der Waals surface area contributed by atoms with Gasteiger partial charge in [-0.2, -0.15) is 9.97 Å². The van der Waals surface area contributed by atoms with Crippen molar-refractivity contribution >= 4 is 21.8 Å². The number of benzene rings is 7. The largest absolute Gasteiger partial charge is 0.424 e. The van der Waals surface area contributed by atoms with Gasteiger partial charge in [-0.1, -0.05) is 140 Å². The van der Waals surface area contributed by atoms with Crippen LogP contribution in [0.15, 0.2) is 182 Å². The highest BCUT2D eigenvalue weighted by Crippen LogP contribution is 2.38. The second kappa shape index (κ2) is 12.6. The highest BCUT2D eigenvalue weighted by atomic mass is 16.5. The number of rotatable bonds is 7. The van der Waals surface area contributed by atoms with E-state index in [4.69, 9.17) is 19.7 Å². The van der Waals surface area contributed by atoms with Gasteiger partial charge in [-0.15, -0.1) is 0 Å². The highest BCUT2D eigenvalue weighted by Gasteiger charge is 2.17. The summed E-state index contributed by atoms with van der Waals surface area (Å²) >= 11 is 0. The first-order chi connectivity index (χ1) is 24.8. The smallest absolute Gasteiger partial charge is 0.326 e. The number of fused-ring (bicyclic) bond motifs is 3. The molecule has 5 nitrogen and oxygen atoms in total. The lowest BCUT2D eigenvalue weighted by molar-refractivity contribution is 0.441. The molecule has 0 saturated carbocycles. The Morgan fingerprint density at radius 1 is 0.360 bits per heavy atom. The summed E-state index contributed by atoms with van der Waals surface area (Å²) in [5, 5.41) is 2.37. The van der Waals surface area contributed by atoms with Gasteiger partial charge >= 0.3 is 6.01 Å². The molecule has 2 aromatic heterocycles.